The van der Waals surface area contributed by atoms with Crippen LogP contribution in [-0.2, 0) is 0 Å². The van der Waals surface area contributed by atoms with Gasteiger partial charge in [-0.3, -0.25) is 0 Å². The molecule has 1 aromatic rings. The van der Waals surface area contributed by atoms with Gasteiger partial charge in [0.2, 0.25) is 0 Å². The largest absolute Gasteiger partial charge is 0.489 e. The molecular weight excluding hydrogens is 353 g/mol. The number of rotatable bonds is 5. The molecule has 1 atom stereocenters. The van der Waals surface area contributed by atoms with E-state index in [0.717, 1.165) is 5.75 Å². The highest BCUT2D eigenvalue weighted by atomic mass is 127. The van der Waals surface area contributed by atoms with Crippen molar-refractivity contribution >= 4 is 29.9 Å². The molecule has 0 aliphatic rings. The van der Waals surface area contributed by atoms with Gasteiger partial charge in [0.05, 0.1) is 6.54 Å². The van der Waals surface area contributed by atoms with Crippen molar-refractivity contribution in [3.63, 3.8) is 0 Å². The summed E-state index contributed by atoms with van der Waals surface area (Å²) in [6.07, 6.45) is -0.000637. The smallest absolute Gasteiger partial charge is 0.188 e. The molecule has 19 heavy (non-hydrogen) atoms. The molecule has 0 heterocycles. The van der Waals surface area contributed by atoms with E-state index in [0.29, 0.717) is 18.5 Å². The lowest BCUT2D eigenvalue weighted by molar-refractivity contribution is 0.230. The van der Waals surface area contributed by atoms with Crippen LogP contribution in [-0.4, -0.2) is 24.7 Å². The minimum absolute atomic E-state index is 0. The van der Waals surface area contributed by atoms with Crippen LogP contribution in [0.25, 0.3) is 0 Å². The zero-order valence-corrected chi connectivity index (χ0v) is 14.3. The van der Waals surface area contributed by atoms with Crippen LogP contribution in [0.4, 0.5) is 0 Å². The van der Waals surface area contributed by atoms with Crippen LogP contribution in [0.15, 0.2) is 29.3 Å². The lowest BCUT2D eigenvalue weighted by Crippen LogP contribution is -2.37. The molecule has 0 bridgehead atoms. The molecule has 0 radical (unpaired) electrons. The van der Waals surface area contributed by atoms with Crippen molar-refractivity contribution in [2.45, 2.75) is 39.8 Å². The maximum atomic E-state index is 5.76. The van der Waals surface area contributed by atoms with Gasteiger partial charge in [-0.2, -0.15) is 0 Å². The first-order chi connectivity index (χ1) is 8.47. The summed E-state index contributed by atoms with van der Waals surface area (Å²) >= 11 is 0. The fourth-order valence-corrected chi connectivity index (χ4v) is 1.53. The minimum atomic E-state index is -0.000637. The summed E-state index contributed by atoms with van der Waals surface area (Å²) in [5, 5.41) is 3.04. The lowest BCUT2D eigenvalue weighted by Gasteiger charge is -2.14. The third kappa shape index (κ3) is 7.92. The molecular formula is C14H24IN3O. The number of aliphatic imine (C=N–C) groups is 1. The number of guanidine groups is 1. The van der Waals surface area contributed by atoms with E-state index in [1.165, 1.54) is 5.56 Å². The van der Waals surface area contributed by atoms with Gasteiger partial charge in [-0.1, -0.05) is 12.1 Å². The van der Waals surface area contributed by atoms with Gasteiger partial charge in [0.1, 0.15) is 11.9 Å². The SMILES string of the molecule is Cc1cccc(OC(C)CN=C(N)NC(C)C)c1.I. The minimum Gasteiger partial charge on any atom is -0.489 e. The Morgan fingerprint density at radius 3 is 2.63 bits per heavy atom. The van der Waals surface area contributed by atoms with Crippen molar-refractivity contribution < 1.29 is 4.74 Å². The summed E-state index contributed by atoms with van der Waals surface area (Å²) in [5.74, 6) is 1.33. The maximum absolute atomic E-state index is 5.76. The van der Waals surface area contributed by atoms with Gasteiger partial charge in [-0.05, 0) is 45.4 Å². The first-order valence-corrected chi connectivity index (χ1v) is 6.27. The molecule has 0 spiro atoms. The second-order valence-electron chi connectivity index (χ2n) is 4.77. The van der Waals surface area contributed by atoms with Crippen LogP contribution in [0.2, 0.25) is 0 Å². The summed E-state index contributed by atoms with van der Waals surface area (Å²) in [7, 11) is 0. The zero-order chi connectivity index (χ0) is 13.5. The van der Waals surface area contributed by atoms with Gasteiger partial charge in [0, 0.05) is 6.04 Å². The Bertz CT molecular complexity index is 407. The van der Waals surface area contributed by atoms with E-state index in [4.69, 9.17) is 10.5 Å². The Morgan fingerprint density at radius 2 is 2.05 bits per heavy atom. The summed E-state index contributed by atoms with van der Waals surface area (Å²) in [4.78, 5) is 4.24. The highest BCUT2D eigenvalue weighted by Crippen LogP contribution is 2.14. The number of ether oxygens (including phenoxy) is 1. The first kappa shape index (κ1) is 18.0. The third-order valence-electron chi connectivity index (χ3n) is 2.28. The number of aryl methyl sites for hydroxylation is 1. The molecule has 108 valence electrons. The maximum Gasteiger partial charge on any atom is 0.188 e. The molecule has 0 saturated heterocycles. The van der Waals surface area contributed by atoms with Crippen molar-refractivity contribution in [3.8, 4) is 5.75 Å². The lowest BCUT2D eigenvalue weighted by atomic mass is 10.2. The number of nitrogens with two attached hydrogens (primary N) is 1. The highest BCUT2D eigenvalue weighted by molar-refractivity contribution is 14.0. The fourth-order valence-electron chi connectivity index (χ4n) is 1.53. The van der Waals surface area contributed by atoms with Crippen LogP contribution >= 0.6 is 24.0 Å². The average molecular weight is 377 g/mol. The van der Waals surface area contributed by atoms with Crippen LogP contribution in [0.1, 0.15) is 26.3 Å². The molecule has 0 aromatic heterocycles. The van der Waals surface area contributed by atoms with Gasteiger partial charge < -0.3 is 15.8 Å². The Morgan fingerprint density at radius 1 is 1.37 bits per heavy atom. The van der Waals surface area contributed by atoms with Crippen molar-refractivity contribution in [3.05, 3.63) is 29.8 Å². The van der Waals surface area contributed by atoms with Crippen molar-refractivity contribution in [1.29, 1.82) is 0 Å². The number of nitrogens with zero attached hydrogens (tertiary/aromatic N) is 1. The van der Waals surface area contributed by atoms with E-state index in [2.05, 4.69) is 10.3 Å². The van der Waals surface area contributed by atoms with Crippen LogP contribution in [0, 0.1) is 6.92 Å². The molecule has 0 aliphatic heterocycles. The Hall–Kier alpha value is -0.980. The molecule has 0 amide bonds. The normalized spacial score (nSPS) is 12.8. The van der Waals surface area contributed by atoms with E-state index in [1.54, 1.807) is 0 Å². The van der Waals surface area contributed by atoms with Crippen LogP contribution < -0.4 is 15.8 Å². The van der Waals surface area contributed by atoms with Gasteiger partial charge in [0.25, 0.3) is 0 Å². The number of hydrogen-bond donors (Lipinski definition) is 2. The van der Waals surface area contributed by atoms with E-state index < -0.39 is 0 Å². The summed E-state index contributed by atoms with van der Waals surface area (Å²) in [5.41, 5.74) is 6.91. The second-order valence-corrected chi connectivity index (χ2v) is 4.77. The number of benzene rings is 1. The van der Waals surface area contributed by atoms with E-state index in [9.17, 15) is 0 Å². The molecule has 1 rings (SSSR count). The fraction of sp³-hybridized carbons (Fsp3) is 0.500. The monoisotopic (exact) mass is 377 g/mol. The van der Waals surface area contributed by atoms with Crippen LogP contribution in [0.3, 0.4) is 0 Å². The summed E-state index contributed by atoms with van der Waals surface area (Å²) < 4.78 is 5.76. The number of halogens is 1. The zero-order valence-electron chi connectivity index (χ0n) is 12.0. The Balaban J connectivity index is 0.00000324. The second kappa shape index (κ2) is 9.01. The molecule has 5 heteroatoms. The molecule has 4 nitrogen and oxygen atoms in total. The van der Waals surface area contributed by atoms with Gasteiger partial charge in [0.15, 0.2) is 5.96 Å². The summed E-state index contributed by atoms with van der Waals surface area (Å²) in [6.45, 7) is 8.61. The Kier molecular flexibility index (Phi) is 8.54. The van der Waals surface area contributed by atoms with Gasteiger partial charge in [-0.15, -0.1) is 24.0 Å². The Labute approximate surface area is 132 Å². The molecule has 3 N–H and O–H groups in total. The van der Waals surface area contributed by atoms with Crippen LogP contribution in [0.5, 0.6) is 5.75 Å². The average Bonchev–Trinajstić information content (AvgIpc) is 2.25. The van der Waals surface area contributed by atoms with E-state index in [-0.39, 0.29) is 30.1 Å². The van der Waals surface area contributed by atoms with E-state index in [1.807, 2.05) is 52.0 Å². The first-order valence-electron chi connectivity index (χ1n) is 6.27. The molecule has 0 saturated carbocycles. The predicted octanol–water partition coefficient (Wildman–Crippen LogP) is 2.69. The topological polar surface area (TPSA) is 59.6 Å². The molecule has 1 aromatic carbocycles. The molecule has 1 unspecified atom stereocenters. The van der Waals surface area contributed by atoms with Gasteiger partial charge >= 0.3 is 0 Å². The number of hydrogen-bond acceptors (Lipinski definition) is 2. The standard InChI is InChI=1S/C14H23N3O.HI/c1-10(2)17-14(15)16-9-12(4)18-13-7-5-6-11(3)8-13;/h5-8,10,12H,9H2,1-4H3,(H3,15,16,17);1H. The predicted molar refractivity (Wildman–Crippen MR) is 91.4 cm³/mol. The quantitative estimate of drug-likeness (QED) is 0.471. The van der Waals surface area contributed by atoms with Gasteiger partial charge in [-0.25, -0.2) is 4.99 Å². The van der Waals surface area contributed by atoms with Crippen molar-refractivity contribution in [2.75, 3.05) is 6.54 Å². The summed E-state index contributed by atoms with van der Waals surface area (Å²) in [6, 6.07) is 8.27. The highest BCUT2D eigenvalue weighted by Gasteiger charge is 2.04. The van der Waals surface area contributed by atoms with E-state index >= 15 is 0 Å². The molecule has 0 fully saturated rings. The number of nitrogens with one attached hydrogen (secondary N) is 1. The molecule has 0 aliphatic carbocycles. The van der Waals surface area contributed by atoms with Crippen molar-refractivity contribution in [1.82, 2.24) is 5.32 Å². The van der Waals surface area contributed by atoms with Crippen molar-refractivity contribution in [2.24, 2.45) is 10.7 Å². The third-order valence-corrected chi connectivity index (χ3v) is 2.28.